The van der Waals surface area contributed by atoms with Gasteiger partial charge in [0.15, 0.2) is 11.6 Å². The van der Waals surface area contributed by atoms with Crippen molar-refractivity contribution in [1.29, 1.82) is 0 Å². The molecule has 2 aromatic rings. The van der Waals surface area contributed by atoms with Gasteiger partial charge in [-0.05, 0) is 33.1 Å². The van der Waals surface area contributed by atoms with E-state index in [0.717, 1.165) is 42.8 Å². The summed E-state index contributed by atoms with van der Waals surface area (Å²) in [4.78, 5) is 19.0. The Hall–Kier alpha value is -2.51. The highest BCUT2D eigenvalue weighted by Gasteiger charge is 2.38. The fourth-order valence-electron chi connectivity index (χ4n) is 4.12. The number of fused-ring (bicyclic) bond motifs is 3. The maximum absolute atomic E-state index is 5.02. The van der Waals surface area contributed by atoms with Crippen molar-refractivity contribution in [2.75, 3.05) is 22.9 Å². The van der Waals surface area contributed by atoms with E-state index in [0.29, 0.717) is 12.0 Å². The molecule has 2 aliphatic heterocycles. The number of rotatable bonds is 4. The molecule has 1 atom stereocenters. The number of aliphatic imine (C=N–C) groups is 1. The number of aromatic nitrogens is 5. The molecule has 0 aromatic carbocycles. The Labute approximate surface area is 153 Å². The van der Waals surface area contributed by atoms with Crippen molar-refractivity contribution in [1.82, 2.24) is 24.7 Å². The van der Waals surface area contributed by atoms with E-state index in [1.807, 2.05) is 10.8 Å². The van der Waals surface area contributed by atoms with Crippen LogP contribution in [0.5, 0.6) is 0 Å². The molecular weight excluding hydrogens is 328 g/mol. The number of hydrogen-bond donors (Lipinski definition) is 0. The van der Waals surface area contributed by atoms with Crippen molar-refractivity contribution in [2.24, 2.45) is 10.9 Å². The number of hydrogen-bond acceptors (Lipinski definition) is 7. The third-order valence-corrected chi connectivity index (χ3v) is 5.45. The van der Waals surface area contributed by atoms with Gasteiger partial charge in [-0.2, -0.15) is 4.98 Å². The zero-order valence-electron chi connectivity index (χ0n) is 15.5. The quantitative estimate of drug-likeness (QED) is 0.841. The van der Waals surface area contributed by atoms with Crippen molar-refractivity contribution in [3.63, 3.8) is 0 Å². The van der Waals surface area contributed by atoms with Crippen LogP contribution >= 0.6 is 0 Å². The van der Waals surface area contributed by atoms with E-state index in [1.54, 1.807) is 6.33 Å². The molecule has 0 radical (unpaired) electrons. The lowest BCUT2D eigenvalue weighted by Crippen LogP contribution is -2.41. The second-order valence-electron chi connectivity index (χ2n) is 7.53. The van der Waals surface area contributed by atoms with Gasteiger partial charge in [0, 0.05) is 18.5 Å². The van der Waals surface area contributed by atoms with Gasteiger partial charge in [-0.1, -0.05) is 6.92 Å². The van der Waals surface area contributed by atoms with Gasteiger partial charge in [0.25, 0.3) is 0 Å². The Morgan fingerprint density at radius 3 is 2.85 bits per heavy atom. The van der Waals surface area contributed by atoms with Crippen LogP contribution in [0.4, 0.5) is 11.8 Å². The Morgan fingerprint density at radius 1 is 1.27 bits per heavy atom. The summed E-state index contributed by atoms with van der Waals surface area (Å²) in [6.07, 6.45) is 7.11. The molecule has 26 heavy (non-hydrogen) atoms. The Bertz CT molecular complexity index is 866. The molecule has 0 spiro atoms. The molecule has 8 heteroatoms. The summed E-state index contributed by atoms with van der Waals surface area (Å²) in [5.41, 5.74) is 0.955. The summed E-state index contributed by atoms with van der Waals surface area (Å²) < 4.78 is 2.03. The molecule has 4 heterocycles. The minimum atomic E-state index is 0.169. The lowest BCUT2D eigenvalue weighted by Gasteiger charge is -2.39. The van der Waals surface area contributed by atoms with Gasteiger partial charge in [-0.15, -0.1) is 10.2 Å². The molecular formula is C18H24N8. The SMILES string of the molecule is CC[C@@H]1c2nncn2-c2cnc(N3CCN=C3C3CC3)nc2N1C(C)C. The van der Waals surface area contributed by atoms with Crippen molar-refractivity contribution in [3.05, 3.63) is 18.3 Å². The summed E-state index contributed by atoms with van der Waals surface area (Å²) in [6, 6.07) is 0.477. The highest BCUT2D eigenvalue weighted by molar-refractivity contribution is 6.01. The first-order valence-corrected chi connectivity index (χ1v) is 9.56. The van der Waals surface area contributed by atoms with Crippen LogP contribution in [-0.2, 0) is 0 Å². The number of nitrogens with zero attached hydrogens (tertiary/aromatic N) is 8. The van der Waals surface area contributed by atoms with Crippen molar-refractivity contribution < 1.29 is 0 Å². The minimum Gasteiger partial charge on any atom is -0.342 e. The van der Waals surface area contributed by atoms with Crippen molar-refractivity contribution >= 4 is 17.6 Å². The van der Waals surface area contributed by atoms with E-state index in [1.165, 1.54) is 18.7 Å². The fraction of sp³-hybridized carbons (Fsp3) is 0.611. The van der Waals surface area contributed by atoms with E-state index in [4.69, 9.17) is 9.98 Å². The van der Waals surface area contributed by atoms with E-state index < -0.39 is 0 Å². The van der Waals surface area contributed by atoms with Gasteiger partial charge < -0.3 is 4.90 Å². The lowest BCUT2D eigenvalue weighted by atomic mass is 10.1. The average Bonchev–Trinajstić information content (AvgIpc) is 3.17. The second kappa shape index (κ2) is 5.75. The summed E-state index contributed by atoms with van der Waals surface area (Å²) in [6.45, 7) is 8.31. The number of amidine groups is 1. The lowest BCUT2D eigenvalue weighted by molar-refractivity contribution is 0.497. The van der Waals surface area contributed by atoms with E-state index in [9.17, 15) is 0 Å². The first-order chi connectivity index (χ1) is 12.7. The predicted octanol–water partition coefficient (Wildman–Crippen LogP) is 2.37. The second-order valence-corrected chi connectivity index (χ2v) is 7.53. The average molecular weight is 352 g/mol. The summed E-state index contributed by atoms with van der Waals surface area (Å²) in [5, 5.41) is 8.51. The van der Waals surface area contributed by atoms with E-state index >= 15 is 0 Å². The monoisotopic (exact) mass is 352 g/mol. The highest BCUT2D eigenvalue weighted by Crippen LogP contribution is 2.40. The van der Waals surface area contributed by atoms with Crippen molar-refractivity contribution in [2.45, 2.75) is 52.1 Å². The van der Waals surface area contributed by atoms with Crippen LogP contribution < -0.4 is 9.80 Å². The molecule has 0 saturated heterocycles. The first kappa shape index (κ1) is 15.7. The smallest absolute Gasteiger partial charge is 0.232 e. The summed E-state index contributed by atoms with van der Waals surface area (Å²) >= 11 is 0. The molecule has 0 unspecified atom stereocenters. The van der Waals surface area contributed by atoms with Gasteiger partial charge in [-0.25, -0.2) is 4.98 Å². The van der Waals surface area contributed by atoms with E-state index in [2.05, 4.69) is 45.8 Å². The normalized spacial score (nSPS) is 21.8. The molecule has 0 N–H and O–H groups in total. The maximum atomic E-state index is 5.02. The molecule has 5 rings (SSSR count). The molecule has 1 fully saturated rings. The van der Waals surface area contributed by atoms with Crippen LogP contribution in [0.1, 0.15) is 51.9 Å². The molecule has 1 aliphatic carbocycles. The maximum Gasteiger partial charge on any atom is 0.232 e. The van der Waals surface area contributed by atoms with Crippen LogP contribution in [0.15, 0.2) is 17.5 Å². The van der Waals surface area contributed by atoms with Crippen LogP contribution in [0.25, 0.3) is 5.69 Å². The zero-order valence-corrected chi connectivity index (χ0v) is 15.5. The van der Waals surface area contributed by atoms with Gasteiger partial charge in [0.05, 0.1) is 18.8 Å². The van der Waals surface area contributed by atoms with Gasteiger partial charge >= 0.3 is 0 Å². The first-order valence-electron chi connectivity index (χ1n) is 9.56. The molecule has 8 nitrogen and oxygen atoms in total. The topological polar surface area (TPSA) is 75.3 Å². The Balaban J connectivity index is 1.62. The van der Waals surface area contributed by atoms with Crippen LogP contribution in [-0.4, -0.2) is 49.7 Å². The standard InChI is InChI=1S/C18H24N8/c1-4-13-17-23-21-10-25(17)14-9-20-18(22-16(14)26(13)11(2)3)24-8-7-19-15(24)12-5-6-12/h9-13H,4-8H2,1-3H3/t13-/m1/s1. The van der Waals surface area contributed by atoms with Gasteiger partial charge in [0.2, 0.25) is 5.95 Å². The van der Waals surface area contributed by atoms with E-state index in [-0.39, 0.29) is 6.04 Å². The Kier molecular flexibility index (Phi) is 3.48. The Morgan fingerprint density at radius 2 is 2.12 bits per heavy atom. The van der Waals surface area contributed by atoms with Crippen LogP contribution in [0.3, 0.4) is 0 Å². The largest absolute Gasteiger partial charge is 0.342 e. The van der Waals surface area contributed by atoms with Gasteiger partial charge in [0.1, 0.15) is 17.9 Å². The molecule has 2 aromatic heterocycles. The van der Waals surface area contributed by atoms with Crippen LogP contribution in [0, 0.1) is 5.92 Å². The van der Waals surface area contributed by atoms with Crippen molar-refractivity contribution in [3.8, 4) is 5.69 Å². The third-order valence-electron chi connectivity index (χ3n) is 5.45. The third kappa shape index (κ3) is 2.24. The predicted molar refractivity (Wildman–Crippen MR) is 100.0 cm³/mol. The summed E-state index contributed by atoms with van der Waals surface area (Å²) in [7, 11) is 0. The minimum absolute atomic E-state index is 0.169. The number of anilines is 2. The highest BCUT2D eigenvalue weighted by atomic mass is 15.4. The zero-order chi connectivity index (χ0) is 17.8. The molecule has 0 amide bonds. The van der Waals surface area contributed by atoms with Gasteiger partial charge in [-0.3, -0.25) is 14.5 Å². The molecule has 3 aliphatic rings. The summed E-state index contributed by atoms with van der Waals surface area (Å²) in [5.74, 6) is 4.47. The fourth-order valence-corrected chi connectivity index (χ4v) is 4.12. The van der Waals surface area contributed by atoms with Crippen LogP contribution in [0.2, 0.25) is 0 Å². The molecule has 136 valence electrons. The molecule has 0 bridgehead atoms. The molecule has 1 saturated carbocycles.